The average Bonchev–Trinajstić information content (AvgIpc) is 3.08. The summed E-state index contributed by atoms with van der Waals surface area (Å²) in [5, 5.41) is 14.5. The Morgan fingerprint density at radius 2 is 1.85 bits per heavy atom. The molecular formula is C17H12Cl2N4O2S2. The summed E-state index contributed by atoms with van der Waals surface area (Å²) >= 11 is 14.3. The molecule has 138 valence electrons. The molecule has 6 nitrogen and oxygen atoms in total. The molecule has 2 amide bonds. The molecule has 0 spiro atoms. The lowest BCUT2D eigenvalue weighted by molar-refractivity contribution is -0.113. The van der Waals surface area contributed by atoms with E-state index in [4.69, 9.17) is 23.2 Å². The molecule has 27 heavy (non-hydrogen) atoms. The van der Waals surface area contributed by atoms with E-state index in [0.717, 1.165) is 0 Å². The van der Waals surface area contributed by atoms with E-state index in [1.54, 1.807) is 48.5 Å². The van der Waals surface area contributed by atoms with Crippen molar-refractivity contribution in [1.29, 1.82) is 0 Å². The van der Waals surface area contributed by atoms with Crippen LogP contribution in [0.3, 0.4) is 0 Å². The van der Waals surface area contributed by atoms with Crippen molar-refractivity contribution in [2.45, 2.75) is 4.34 Å². The number of thioether (sulfide) groups is 1. The lowest BCUT2D eigenvalue weighted by Crippen LogP contribution is -2.13. The lowest BCUT2D eigenvalue weighted by Gasteiger charge is -2.04. The molecule has 10 heteroatoms. The van der Waals surface area contributed by atoms with Gasteiger partial charge in [0, 0.05) is 10.7 Å². The van der Waals surface area contributed by atoms with E-state index < -0.39 is 0 Å². The first-order valence-corrected chi connectivity index (χ1v) is 10.1. The van der Waals surface area contributed by atoms with Gasteiger partial charge in [-0.2, -0.15) is 0 Å². The van der Waals surface area contributed by atoms with E-state index in [9.17, 15) is 9.59 Å². The number of hydrogen-bond donors (Lipinski definition) is 2. The van der Waals surface area contributed by atoms with Crippen LogP contribution in [-0.4, -0.2) is 27.8 Å². The first-order chi connectivity index (χ1) is 13.0. The Morgan fingerprint density at radius 1 is 1.04 bits per heavy atom. The van der Waals surface area contributed by atoms with Crippen LogP contribution in [0.2, 0.25) is 10.0 Å². The van der Waals surface area contributed by atoms with Crippen LogP contribution in [0, 0.1) is 0 Å². The van der Waals surface area contributed by atoms with Gasteiger partial charge in [-0.25, -0.2) is 0 Å². The quantitative estimate of drug-likeness (QED) is 0.425. The van der Waals surface area contributed by atoms with Crippen LogP contribution in [0.4, 0.5) is 10.8 Å². The first-order valence-electron chi connectivity index (χ1n) is 7.59. The normalized spacial score (nSPS) is 10.4. The van der Waals surface area contributed by atoms with E-state index in [0.29, 0.717) is 30.8 Å². The Morgan fingerprint density at radius 3 is 2.63 bits per heavy atom. The van der Waals surface area contributed by atoms with Crippen LogP contribution in [0.15, 0.2) is 52.9 Å². The third-order valence-electron chi connectivity index (χ3n) is 3.18. The van der Waals surface area contributed by atoms with Gasteiger partial charge in [0.2, 0.25) is 11.0 Å². The standard InChI is InChI=1S/C17H12Cl2N4O2S2/c18-10-4-3-5-11(8-10)20-14(24)9-26-17-23-22-16(27-17)21-15(25)12-6-1-2-7-13(12)19/h1-8H,9H2,(H,20,24)(H,21,22,25). The second-order valence-corrected chi connectivity index (χ2v) is 8.20. The number of benzene rings is 2. The van der Waals surface area contributed by atoms with Gasteiger partial charge in [0.15, 0.2) is 4.34 Å². The first kappa shape index (κ1) is 19.6. The van der Waals surface area contributed by atoms with Crippen molar-refractivity contribution >= 4 is 68.9 Å². The van der Waals surface area contributed by atoms with Gasteiger partial charge >= 0.3 is 0 Å². The van der Waals surface area contributed by atoms with Crippen molar-refractivity contribution in [1.82, 2.24) is 10.2 Å². The fourth-order valence-electron chi connectivity index (χ4n) is 2.02. The third kappa shape index (κ3) is 5.67. The molecule has 3 rings (SSSR count). The molecule has 0 atom stereocenters. The van der Waals surface area contributed by atoms with Gasteiger partial charge in [-0.3, -0.25) is 14.9 Å². The largest absolute Gasteiger partial charge is 0.325 e. The summed E-state index contributed by atoms with van der Waals surface area (Å²) in [6.07, 6.45) is 0. The molecule has 0 saturated carbocycles. The van der Waals surface area contributed by atoms with Gasteiger partial charge in [-0.05, 0) is 30.3 Å². The summed E-state index contributed by atoms with van der Waals surface area (Å²) in [6.45, 7) is 0. The van der Waals surface area contributed by atoms with Crippen molar-refractivity contribution in [3.8, 4) is 0 Å². The Kier molecular flexibility index (Phi) is 6.68. The zero-order valence-corrected chi connectivity index (χ0v) is 16.8. The summed E-state index contributed by atoms with van der Waals surface area (Å²) in [7, 11) is 0. The SMILES string of the molecule is O=C(CSc1nnc(NC(=O)c2ccccc2Cl)s1)Nc1cccc(Cl)c1. The van der Waals surface area contributed by atoms with E-state index in [2.05, 4.69) is 20.8 Å². The predicted octanol–water partition coefficient (Wildman–Crippen LogP) is 4.83. The van der Waals surface area contributed by atoms with E-state index in [-0.39, 0.29) is 17.6 Å². The van der Waals surface area contributed by atoms with Crippen molar-refractivity contribution in [3.05, 3.63) is 64.1 Å². The number of nitrogens with zero attached hydrogens (tertiary/aromatic N) is 2. The summed E-state index contributed by atoms with van der Waals surface area (Å²) in [5.41, 5.74) is 0.975. The van der Waals surface area contributed by atoms with Crippen molar-refractivity contribution in [2.24, 2.45) is 0 Å². The van der Waals surface area contributed by atoms with Gasteiger partial charge < -0.3 is 5.32 Å². The molecule has 0 aliphatic heterocycles. The number of rotatable bonds is 6. The van der Waals surface area contributed by atoms with E-state index in [1.165, 1.54) is 23.1 Å². The van der Waals surface area contributed by atoms with Crippen LogP contribution in [0.5, 0.6) is 0 Å². The summed E-state index contributed by atoms with van der Waals surface area (Å²) in [5.74, 6) is -0.411. The number of anilines is 2. The number of aromatic nitrogens is 2. The maximum absolute atomic E-state index is 12.2. The molecule has 0 bridgehead atoms. The number of nitrogens with one attached hydrogen (secondary N) is 2. The zero-order valence-electron chi connectivity index (χ0n) is 13.6. The second-order valence-electron chi connectivity index (χ2n) is 5.15. The highest BCUT2D eigenvalue weighted by Crippen LogP contribution is 2.26. The van der Waals surface area contributed by atoms with E-state index in [1.807, 2.05) is 0 Å². The van der Waals surface area contributed by atoms with E-state index >= 15 is 0 Å². The van der Waals surface area contributed by atoms with Gasteiger partial charge in [-0.1, -0.05) is 64.5 Å². The van der Waals surface area contributed by atoms with Crippen LogP contribution in [0.1, 0.15) is 10.4 Å². The summed E-state index contributed by atoms with van der Waals surface area (Å²) in [6, 6.07) is 13.6. The molecule has 0 aliphatic rings. The lowest BCUT2D eigenvalue weighted by atomic mass is 10.2. The smallest absolute Gasteiger partial charge is 0.259 e. The number of amides is 2. The molecule has 1 heterocycles. The molecule has 2 N–H and O–H groups in total. The maximum Gasteiger partial charge on any atom is 0.259 e. The minimum Gasteiger partial charge on any atom is -0.325 e. The zero-order chi connectivity index (χ0) is 19.2. The molecule has 1 aromatic heterocycles. The molecule has 0 unspecified atom stereocenters. The topological polar surface area (TPSA) is 84.0 Å². The number of hydrogen-bond acceptors (Lipinski definition) is 6. The Balaban J connectivity index is 1.53. The fraction of sp³-hybridized carbons (Fsp3) is 0.0588. The number of carbonyl (C=O) groups excluding carboxylic acids is 2. The Bertz CT molecular complexity index is 981. The highest BCUT2D eigenvalue weighted by atomic mass is 35.5. The predicted molar refractivity (Wildman–Crippen MR) is 110 cm³/mol. The maximum atomic E-state index is 12.2. The van der Waals surface area contributed by atoms with Crippen LogP contribution >= 0.6 is 46.3 Å². The third-order valence-corrected chi connectivity index (χ3v) is 5.72. The van der Waals surface area contributed by atoms with Crippen LogP contribution in [0.25, 0.3) is 0 Å². The van der Waals surface area contributed by atoms with Crippen molar-refractivity contribution < 1.29 is 9.59 Å². The van der Waals surface area contributed by atoms with Crippen molar-refractivity contribution in [3.63, 3.8) is 0 Å². The molecule has 0 saturated heterocycles. The minimum atomic E-state index is -0.369. The molecule has 3 aromatic rings. The summed E-state index contributed by atoms with van der Waals surface area (Å²) in [4.78, 5) is 24.2. The van der Waals surface area contributed by atoms with Crippen LogP contribution < -0.4 is 10.6 Å². The molecule has 0 aliphatic carbocycles. The van der Waals surface area contributed by atoms with Gasteiger partial charge in [0.1, 0.15) is 0 Å². The van der Waals surface area contributed by atoms with Crippen molar-refractivity contribution in [2.75, 3.05) is 16.4 Å². The van der Waals surface area contributed by atoms with Crippen LogP contribution in [-0.2, 0) is 4.79 Å². The highest BCUT2D eigenvalue weighted by Gasteiger charge is 2.14. The average molecular weight is 439 g/mol. The van der Waals surface area contributed by atoms with Gasteiger partial charge in [-0.15, -0.1) is 10.2 Å². The molecule has 0 fully saturated rings. The minimum absolute atomic E-state index is 0.152. The van der Waals surface area contributed by atoms with Gasteiger partial charge in [0.25, 0.3) is 5.91 Å². The Hall–Kier alpha value is -2.13. The highest BCUT2D eigenvalue weighted by molar-refractivity contribution is 8.01. The molecule has 0 radical (unpaired) electrons. The fourth-order valence-corrected chi connectivity index (χ4v) is 3.98. The monoisotopic (exact) mass is 438 g/mol. The number of carbonyl (C=O) groups is 2. The number of halogens is 2. The summed E-state index contributed by atoms with van der Waals surface area (Å²) < 4.78 is 0.561. The second kappa shape index (κ2) is 9.18. The van der Waals surface area contributed by atoms with Gasteiger partial charge in [0.05, 0.1) is 16.3 Å². The Labute approximate surface area is 173 Å². The molecular weight excluding hydrogens is 427 g/mol. The molecule has 2 aromatic carbocycles.